The molecule has 0 spiro atoms. The third-order valence-corrected chi connectivity index (χ3v) is 5.21. The van der Waals surface area contributed by atoms with Crippen LogP contribution in [0.1, 0.15) is 44.9 Å². The number of piperidine rings is 1. The number of likely N-dealkylation sites (tertiary alicyclic amines) is 1. The zero-order valence-electron chi connectivity index (χ0n) is 14.0. The van der Waals surface area contributed by atoms with Crippen molar-refractivity contribution < 1.29 is 14.3 Å². The molecule has 2 atom stereocenters. The van der Waals surface area contributed by atoms with Crippen LogP contribution in [-0.4, -0.2) is 37.1 Å². The van der Waals surface area contributed by atoms with E-state index in [9.17, 15) is 4.79 Å². The highest BCUT2D eigenvalue weighted by Crippen LogP contribution is 2.35. The number of nitrogens with zero attached hydrogens (tertiary/aromatic N) is 1. The molecule has 1 saturated heterocycles. The van der Waals surface area contributed by atoms with E-state index in [1.54, 1.807) is 7.11 Å². The lowest BCUT2D eigenvalue weighted by molar-refractivity contribution is -0.138. The second-order valence-electron chi connectivity index (χ2n) is 6.59. The standard InChI is InChI=1S/C19H27NO3/c1-22-17-10-4-5-11-18(17)23-14-12-19(21)20-13-6-8-15-7-2-3-9-16(15)20/h4-5,10-11,15-16H,2-3,6-9,12-14H2,1H3. The van der Waals surface area contributed by atoms with Gasteiger partial charge in [0.2, 0.25) is 5.91 Å². The molecule has 1 amide bonds. The number of ether oxygens (including phenoxy) is 2. The van der Waals surface area contributed by atoms with E-state index in [2.05, 4.69) is 4.90 Å². The van der Waals surface area contributed by atoms with Crippen molar-refractivity contribution in [2.75, 3.05) is 20.3 Å². The smallest absolute Gasteiger partial charge is 0.226 e. The number of carbonyl (C=O) groups is 1. The topological polar surface area (TPSA) is 38.8 Å². The highest BCUT2D eigenvalue weighted by molar-refractivity contribution is 5.76. The van der Waals surface area contributed by atoms with Crippen LogP contribution >= 0.6 is 0 Å². The van der Waals surface area contributed by atoms with Gasteiger partial charge in [-0.1, -0.05) is 25.0 Å². The summed E-state index contributed by atoms with van der Waals surface area (Å²) in [6.07, 6.45) is 7.98. The van der Waals surface area contributed by atoms with Crippen LogP contribution in [0.5, 0.6) is 11.5 Å². The van der Waals surface area contributed by atoms with Crippen molar-refractivity contribution in [2.45, 2.75) is 51.0 Å². The van der Waals surface area contributed by atoms with Gasteiger partial charge < -0.3 is 14.4 Å². The number of rotatable bonds is 5. The maximum absolute atomic E-state index is 12.6. The van der Waals surface area contributed by atoms with E-state index >= 15 is 0 Å². The van der Waals surface area contributed by atoms with E-state index in [0.29, 0.717) is 30.6 Å². The lowest BCUT2D eigenvalue weighted by Gasteiger charge is -2.44. The molecule has 1 aromatic rings. The molecule has 23 heavy (non-hydrogen) atoms. The molecule has 2 unspecified atom stereocenters. The zero-order valence-corrected chi connectivity index (χ0v) is 14.0. The minimum absolute atomic E-state index is 0.247. The molecular weight excluding hydrogens is 290 g/mol. The first-order chi connectivity index (χ1) is 11.3. The lowest BCUT2D eigenvalue weighted by atomic mass is 9.78. The van der Waals surface area contributed by atoms with Crippen molar-refractivity contribution >= 4 is 5.91 Å². The molecule has 1 aliphatic carbocycles. The van der Waals surface area contributed by atoms with Crippen molar-refractivity contribution in [1.29, 1.82) is 0 Å². The Hall–Kier alpha value is -1.71. The molecule has 0 bridgehead atoms. The van der Waals surface area contributed by atoms with Gasteiger partial charge in [-0.15, -0.1) is 0 Å². The highest BCUT2D eigenvalue weighted by atomic mass is 16.5. The highest BCUT2D eigenvalue weighted by Gasteiger charge is 2.35. The van der Waals surface area contributed by atoms with Gasteiger partial charge in [0.05, 0.1) is 20.1 Å². The average molecular weight is 317 g/mol. The Morgan fingerprint density at radius 1 is 1.13 bits per heavy atom. The lowest BCUT2D eigenvalue weighted by Crippen LogP contribution is -2.49. The number of para-hydroxylation sites is 2. The van der Waals surface area contributed by atoms with E-state index in [4.69, 9.17) is 9.47 Å². The molecule has 3 rings (SSSR count). The molecule has 0 radical (unpaired) electrons. The second kappa shape index (κ2) is 7.71. The van der Waals surface area contributed by atoms with E-state index in [-0.39, 0.29) is 5.91 Å². The minimum Gasteiger partial charge on any atom is -0.493 e. The molecule has 1 aliphatic heterocycles. The number of fused-ring (bicyclic) bond motifs is 1. The molecule has 0 aromatic heterocycles. The van der Waals surface area contributed by atoms with E-state index in [0.717, 1.165) is 18.9 Å². The SMILES string of the molecule is COc1ccccc1OCCC(=O)N1CCCC2CCCCC21. The van der Waals surface area contributed by atoms with Gasteiger partial charge in [-0.2, -0.15) is 0 Å². The summed E-state index contributed by atoms with van der Waals surface area (Å²) in [5, 5.41) is 0. The Bertz CT molecular complexity index is 529. The molecule has 126 valence electrons. The van der Waals surface area contributed by atoms with Crippen LogP contribution in [0.2, 0.25) is 0 Å². The summed E-state index contributed by atoms with van der Waals surface area (Å²) < 4.78 is 11.0. The van der Waals surface area contributed by atoms with E-state index < -0.39 is 0 Å². The van der Waals surface area contributed by atoms with Crippen molar-refractivity contribution in [3.63, 3.8) is 0 Å². The summed E-state index contributed by atoms with van der Waals surface area (Å²) in [5.41, 5.74) is 0. The predicted octanol–water partition coefficient (Wildman–Crippen LogP) is 3.65. The molecule has 1 heterocycles. The summed E-state index contributed by atoms with van der Waals surface area (Å²) in [6.45, 7) is 1.34. The first-order valence-electron chi connectivity index (χ1n) is 8.85. The largest absolute Gasteiger partial charge is 0.493 e. The number of benzene rings is 1. The molecule has 0 N–H and O–H groups in total. The fraction of sp³-hybridized carbons (Fsp3) is 0.632. The number of hydrogen-bond acceptors (Lipinski definition) is 3. The Morgan fingerprint density at radius 2 is 1.87 bits per heavy atom. The monoisotopic (exact) mass is 317 g/mol. The number of hydrogen-bond donors (Lipinski definition) is 0. The number of carbonyl (C=O) groups excluding carboxylic acids is 1. The van der Waals surface area contributed by atoms with Crippen LogP contribution < -0.4 is 9.47 Å². The average Bonchev–Trinajstić information content (AvgIpc) is 2.61. The predicted molar refractivity (Wildman–Crippen MR) is 89.8 cm³/mol. The third kappa shape index (κ3) is 3.80. The van der Waals surface area contributed by atoms with E-state index in [1.807, 2.05) is 24.3 Å². The maximum atomic E-state index is 12.6. The van der Waals surface area contributed by atoms with Gasteiger partial charge in [0.1, 0.15) is 0 Å². The van der Waals surface area contributed by atoms with Crippen LogP contribution in [0, 0.1) is 5.92 Å². The molecule has 2 aliphatic rings. The normalized spacial score (nSPS) is 24.0. The van der Waals surface area contributed by atoms with Crippen molar-refractivity contribution in [2.24, 2.45) is 5.92 Å². The number of amides is 1. The molecule has 4 nitrogen and oxygen atoms in total. The van der Waals surface area contributed by atoms with Gasteiger partial charge >= 0.3 is 0 Å². The van der Waals surface area contributed by atoms with Crippen molar-refractivity contribution in [3.05, 3.63) is 24.3 Å². The zero-order chi connectivity index (χ0) is 16.1. The first-order valence-corrected chi connectivity index (χ1v) is 8.85. The van der Waals surface area contributed by atoms with Gasteiger partial charge in [0.15, 0.2) is 11.5 Å². The van der Waals surface area contributed by atoms with Crippen LogP contribution in [0.3, 0.4) is 0 Å². The summed E-state index contributed by atoms with van der Waals surface area (Å²) in [7, 11) is 1.63. The van der Waals surface area contributed by atoms with Gasteiger partial charge in [-0.25, -0.2) is 0 Å². The van der Waals surface area contributed by atoms with Gasteiger partial charge in [-0.3, -0.25) is 4.79 Å². The van der Waals surface area contributed by atoms with Gasteiger partial charge in [-0.05, 0) is 43.7 Å². The Balaban J connectivity index is 1.52. The van der Waals surface area contributed by atoms with Crippen LogP contribution in [0.15, 0.2) is 24.3 Å². The van der Waals surface area contributed by atoms with Gasteiger partial charge in [0, 0.05) is 12.6 Å². The quantitative estimate of drug-likeness (QED) is 0.832. The molecule has 1 saturated carbocycles. The molecule has 4 heteroatoms. The van der Waals surface area contributed by atoms with Crippen LogP contribution in [0.4, 0.5) is 0 Å². The Labute approximate surface area is 138 Å². The van der Waals surface area contributed by atoms with Crippen LogP contribution in [0.25, 0.3) is 0 Å². The maximum Gasteiger partial charge on any atom is 0.226 e. The van der Waals surface area contributed by atoms with Gasteiger partial charge in [0.25, 0.3) is 0 Å². The minimum atomic E-state index is 0.247. The van der Waals surface area contributed by atoms with Crippen LogP contribution in [-0.2, 0) is 4.79 Å². The third-order valence-electron chi connectivity index (χ3n) is 5.21. The summed E-state index contributed by atoms with van der Waals surface area (Å²) in [5.74, 6) is 2.40. The van der Waals surface area contributed by atoms with E-state index in [1.165, 1.54) is 32.1 Å². The molecule has 2 fully saturated rings. The molecular formula is C19H27NO3. The fourth-order valence-electron chi connectivity index (χ4n) is 4.06. The fourth-order valence-corrected chi connectivity index (χ4v) is 4.06. The Morgan fingerprint density at radius 3 is 2.70 bits per heavy atom. The second-order valence-corrected chi connectivity index (χ2v) is 6.59. The summed E-state index contributed by atoms with van der Waals surface area (Å²) >= 11 is 0. The first kappa shape index (κ1) is 16.2. The summed E-state index contributed by atoms with van der Waals surface area (Å²) in [6, 6.07) is 8.05. The number of methoxy groups -OCH3 is 1. The van der Waals surface area contributed by atoms with Crippen molar-refractivity contribution in [3.8, 4) is 11.5 Å². The Kier molecular flexibility index (Phi) is 5.42. The van der Waals surface area contributed by atoms with Crippen molar-refractivity contribution in [1.82, 2.24) is 4.90 Å². The molecule has 1 aromatic carbocycles. The summed E-state index contributed by atoms with van der Waals surface area (Å²) in [4.78, 5) is 14.8.